The zero-order chi connectivity index (χ0) is 17.0. The lowest BCUT2D eigenvalue weighted by molar-refractivity contribution is -0.149. The van der Waals surface area contributed by atoms with E-state index in [0.29, 0.717) is 25.2 Å². The van der Waals surface area contributed by atoms with Crippen LogP contribution >= 0.6 is 0 Å². The number of nitrogens with zero attached hydrogens (tertiary/aromatic N) is 2. The lowest BCUT2D eigenvalue weighted by atomic mass is 10.1. The van der Waals surface area contributed by atoms with Crippen molar-refractivity contribution in [2.24, 2.45) is 0 Å². The summed E-state index contributed by atoms with van der Waals surface area (Å²) in [5.41, 5.74) is 0.355. The van der Waals surface area contributed by atoms with Crippen molar-refractivity contribution in [1.82, 2.24) is 9.80 Å². The minimum Gasteiger partial charge on any atom is -0.481 e. The second-order valence-electron chi connectivity index (χ2n) is 5.69. The Labute approximate surface area is 133 Å². The van der Waals surface area contributed by atoms with Crippen LogP contribution < -0.4 is 0 Å². The maximum absolute atomic E-state index is 13.3. The minimum absolute atomic E-state index is 0.0730. The lowest BCUT2D eigenvalue weighted by Crippen LogP contribution is -2.57. The number of carboxylic acid groups (broad SMARTS) is 1. The van der Waals surface area contributed by atoms with E-state index in [4.69, 9.17) is 5.11 Å². The van der Waals surface area contributed by atoms with Crippen molar-refractivity contribution in [3.63, 3.8) is 0 Å². The molecule has 0 radical (unpaired) electrons. The molecular formula is C16H20F2N2O3. The van der Waals surface area contributed by atoms with Crippen LogP contribution in [0.1, 0.15) is 25.3 Å². The first-order valence-corrected chi connectivity index (χ1v) is 7.60. The van der Waals surface area contributed by atoms with E-state index in [-0.39, 0.29) is 18.9 Å². The molecule has 2 rings (SSSR count). The van der Waals surface area contributed by atoms with Gasteiger partial charge in [0, 0.05) is 25.7 Å². The maximum atomic E-state index is 13.3. The molecule has 0 saturated carbocycles. The lowest BCUT2D eigenvalue weighted by Gasteiger charge is -2.40. The summed E-state index contributed by atoms with van der Waals surface area (Å²) in [5.74, 6) is -2.74. The van der Waals surface area contributed by atoms with Gasteiger partial charge in [0.2, 0.25) is 5.91 Å². The second-order valence-corrected chi connectivity index (χ2v) is 5.69. The maximum Gasteiger partial charge on any atom is 0.305 e. The molecule has 1 amide bonds. The van der Waals surface area contributed by atoms with Crippen molar-refractivity contribution >= 4 is 11.9 Å². The molecule has 0 bridgehead atoms. The predicted octanol–water partition coefficient (Wildman–Crippen LogP) is 1.86. The number of carbonyl (C=O) groups is 2. The molecule has 1 aromatic carbocycles. The first-order valence-electron chi connectivity index (χ1n) is 7.60. The predicted molar refractivity (Wildman–Crippen MR) is 79.7 cm³/mol. The van der Waals surface area contributed by atoms with Gasteiger partial charge in [-0.1, -0.05) is 6.92 Å². The second kappa shape index (κ2) is 7.50. The summed E-state index contributed by atoms with van der Waals surface area (Å²) in [4.78, 5) is 26.9. The molecule has 23 heavy (non-hydrogen) atoms. The molecular weight excluding hydrogens is 306 g/mol. The third-order valence-electron chi connectivity index (χ3n) is 3.87. The summed E-state index contributed by atoms with van der Waals surface area (Å²) < 4.78 is 26.5. The van der Waals surface area contributed by atoms with Crippen LogP contribution in [0.4, 0.5) is 8.78 Å². The van der Waals surface area contributed by atoms with Crippen LogP contribution in [0.5, 0.6) is 0 Å². The Morgan fingerprint density at radius 1 is 1.26 bits per heavy atom. The van der Waals surface area contributed by atoms with E-state index in [2.05, 4.69) is 0 Å². The van der Waals surface area contributed by atoms with E-state index in [1.54, 1.807) is 0 Å². The van der Waals surface area contributed by atoms with Gasteiger partial charge < -0.3 is 10.0 Å². The van der Waals surface area contributed by atoms with Gasteiger partial charge in [-0.2, -0.15) is 0 Å². The molecule has 1 N–H and O–H groups in total. The summed E-state index contributed by atoms with van der Waals surface area (Å²) >= 11 is 0. The summed E-state index contributed by atoms with van der Waals surface area (Å²) in [6, 6.07) is 2.42. The van der Waals surface area contributed by atoms with Gasteiger partial charge in [0.05, 0.1) is 12.5 Å². The molecule has 0 aliphatic carbocycles. The highest BCUT2D eigenvalue weighted by molar-refractivity contribution is 5.86. The van der Waals surface area contributed by atoms with Crippen LogP contribution in [0.2, 0.25) is 0 Å². The summed E-state index contributed by atoms with van der Waals surface area (Å²) in [7, 11) is 0. The van der Waals surface area contributed by atoms with Gasteiger partial charge in [0.1, 0.15) is 11.6 Å². The van der Waals surface area contributed by atoms with Gasteiger partial charge in [0.15, 0.2) is 0 Å². The molecule has 126 valence electrons. The highest BCUT2D eigenvalue weighted by Gasteiger charge is 2.35. The fourth-order valence-electron chi connectivity index (χ4n) is 2.90. The minimum atomic E-state index is -1.04. The Balaban J connectivity index is 2.14. The largest absolute Gasteiger partial charge is 0.481 e. The fraction of sp³-hybridized carbons (Fsp3) is 0.500. The van der Waals surface area contributed by atoms with E-state index in [1.165, 1.54) is 17.0 Å². The molecule has 1 aliphatic rings. The van der Waals surface area contributed by atoms with Crippen molar-refractivity contribution in [1.29, 1.82) is 0 Å². The molecule has 0 spiro atoms. The SMILES string of the molecule is CCCN1CCN(Cc2cc(F)cc(F)c2)C(=O)C1CC(=O)O. The number of aliphatic carboxylic acids is 1. The van der Waals surface area contributed by atoms with Gasteiger partial charge in [0.25, 0.3) is 0 Å². The molecule has 1 aromatic rings. The Morgan fingerprint density at radius 3 is 2.48 bits per heavy atom. The molecule has 1 fully saturated rings. The molecule has 1 saturated heterocycles. The molecule has 5 nitrogen and oxygen atoms in total. The number of piperazine rings is 1. The topological polar surface area (TPSA) is 60.9 Å². The number of rotatable bonds is 6. The highest BCUT2D eigenvalue weighted by Crippen LogP contribution is 2.18. The van der Waals surface area contributed by atoms with Crippen molar-refractivity contribution < 1.29 is 23.5 Å². The number of amides is 1. The third kappa shape index (κ3) is 4.48. The zero-order valence-corrected chi connectivity index (χ0v) is 13.0. The first-order chi connectivity index (χ1) is 10.9. The van der Waals surface area contributed by atoms with Crippen molar-refractivity contribution in [2.75, 3.05) is 19.6 Å². The van der Waals surface area contributed by atoms with Crippen LogP contribution in [0.15, 0.2) is 18.2 Å². The van der Waals surface area contributed by atoms with Gasteiger partial charge >= 0.3 is 5.97 Å². The zero-order valence-electron chi connectivity index (χ0n) is 13.0. The standard InChI is InChI=1S/C16H20F2N2O3/c1-2-3-19-4-5-20(16(23)14(19)9-15(21)22)10-11-6-12(17)8-13(18)7-11/h6-8,14H,2-5,9-10H2,1H3,(H,21,22). The Morgan fingerprint density at radius 2 is 1.91 bits per heavy atom. The van der Waals surface area contributed by atoms with Gasteiger partial charge in [-0.3, -0.25) is 14.5 Å². The Kier molecular flexibility index (Phi) is 5.65. The molecule has 0 aromatic heterocycles. The van der Waals surface area contributed by atoms with Gasteiger partial charge in [-0.15, -0.1) is 0 Å². The molecule has 7 heteroatoms. The number of benzene rings is 1. The fourth-order valence-corrected chi connectivity index (χ4v) is 2.90. The number of hydrogen-bond acceptors (Lipinski definition) is 3. The van der Waals surface area contributed by atoms with E-state index in [9.17, 15) is 18.4 Å². The van der Waals surface area contributed by atoms with Crippen LogP contribution in [0, 0.1) is 11.6 Å². The van der Waals surface area contributed by atoms with Crippen molar-refractivity contribution in [2.45, 2.75) is 32.4 Å². The highest BCUT2D eigenvalue weighted by atomic mass is 19.1. The third-order valence-corrected chi connectivity index (χ3v) is 3.87. The normalized spacial score (nSPS) is 19.2. The van der Waals surface area contributed by atoms with E-state index in [0.717, 1.165) is 12.5 Å². The summed E-state index contributed by atoms with van der Waals surface area (Å²) in [6.45, 7) is 3.64. The molecule has 1 unspecified atom stereocenters. The summed E-state index contributed by atoms with van der Waals surface area (Å²) in [6.07, 6.45) is 0.547. The first kappa shape index (κ1) is 17.3. The number of carbonyl (C=O) groups excluding carboxylic acids is 1. The van der Waals surface area contributed by atoms with E-state index in [1.807, 2.05) is 11.8 Å². The average Bonchev–Trinajstić information content (AvgIpc) is 2.44. The van der Waals surface area contributed by atoms with Gasteiger partial charge in [-0.05, 0) is 30.7 Å². The monoisotopic (exact) mass is 326 g/mol. The Hall–Kier alpha value is -2.02. The summed E-state index contributed by atoms with van der Waals surface area (Å²) in [5, 5.41) is 9.02. The van der Waals surface area contributed by atoms with Crippen LogP contribution in [-0.2, 0) is 16.1 Å². The van der Waals surface area contributed by atoms with Crippen molar-refractivity contribution in [3.8, 4) is 0 Å². The van der Waals surface area contributed by atoms with Crippen LogP contribution in [0.25, 0.3) is 0 Å². The van der Waals surface area contributed by atoms with Gasteiger partial charge in [-0.25, -0.2) is 8.78 Å². The molecule has 1 atom stereocenters. The quantitative estimate of drug-likeness (QED) is 0.867. The smallest absolute Gasteiger partial charge is 0.305 e. The van der Waals surface area contributed by atoms with E-state index < -0.39 is 23.6 Å². The Bertz CT molecular complexity index is 574. The number of carboxylic acids is 1. The molecule has 1 aliphatic heterocycles. The average molecular weight is 326 g/mol. The van der Waals surface area contributed by atoms with Crippen molar-refractivity contribution in [3.05, 3.63) is 35.4 Å². The number of hydrogen-bond donors (Lipinski definition) is 1. The van der Waals surface area contributed by atoms with E-state index >= 15 is 0 Å². The van der Waals surface area contributed by atoms with Crippen LogP contribution in [-0.4, -0.2) is 52.5 Å². The van der Waals surface area contributed by atoms with Crippen LogP contribution in [0.3, 0.4) is 0 Å². The molecule has 1 heterocycles. The number of halogens is 2.